The minimum Gasteiger partial charge on any atom is -0.351 e. The fourth-order valence-corrected chi connectivity index (χ4v) is 3.02. The van der Waals surface area contributed by atoms with Gasteiger partial charge >= 0.3 is 0 Å². The normalized spacial score (nSPS) is 20.4. The van der Waals surface area contributed by atoms with Crippen LogP contribution >= 0.6 is 0 Å². The summed E-state index contributed by atoms with van der Waals surface area (Å²) < 4.78 is 4.07. The van der Waals surface area contributed by atoms with Crippen molar-refractivity contribution in [1.82, 2.24) is 19.2 Å². The molecule has 2 atom stereocenters. The molecule has 1 aliphatic heterocycles. The Labute approximate surface area is 125 Å². The summed E-state index contributed by atoms with van der Waals surface area (Å²) in [5.74, 6) is 0.244. The van der Waals surface area contributed by atoms with Crippen LogP contribution in [0.2, 0.25) is 0 Å². The SMILES string of the molecule is CC(CC(=O)N1CCCC(n2cccn2)C1)n1cccc1. The maximum atomic E-state index is 12.5. The van der Waals surface area contributed by atoms with E-state index in [1.165, 1.54) is 0 Å². The second-order valence-corrected chi connectivity index (χ2v) is 5.81. The summed E-state index contributed by atoms with van der Waals surface area (Å²) in [6, 6.07) is 6.46. The van der Waals surface area contributed by atoms with E-state index in [0.29, 0.717) is 12.5 Å². The van der Waals surface area contributed by atoms with Crippen molar-refractivity contribution in [2.75, 3.05) is 13.1 Å². The maximum Gasteiger partial charge on any atom is 0.224 e. The second kappa shape index (κ2) is 6.16. The van der Waals surface area contributed by atoms with E-state index in [-0.39, 0.29) is 11.9 Å². The molecule has 21 heavy (non-hydrogen) atoms. The highest BCUT2D eigenvalue weighted by atomic mass is 16.2. The van der Waals surface area contributed by atoms with Crippen LogP contribution in [0.25, 0.3) is 0 Å². The van der Waals surface area contributed by atoms with Gasteiger partial charge in [-0.2, -0.15) is 5.10 Å². The van der Waals surface area contributed by atoms with Gasteiger partial charge in [0, 0.05) is 50.3 Å². The summed E-state index contributed by atoms with van der Waals surface area (Å²) in [5.41, 5.74) is 0. The van der Waals surface area contributed by atoms with Gasteiger partial charge in [0.1, 0.15) is 0 Å². The Morgan fingerprint density at radius 2 is 2.10 bits per heavy atom. The molecule has 0 saturated carbocycles. The van der Waals surface area contributed by atoms with Crippen molar-refractivity contribution in [3.63, 3.8) is 0 Å². The zero-order valence-electron chi connectivity index (χ0n) is 12.4. The maximum absolute atomic E-state index is 12.5. The van der Waals surface area contributed by atoms with E-state index in [9.17, 15) is 4.79 Å². The number of carbonyl (C=O) groups excluding carboxylic acids is 1. The van der Waals surface area contributed by atoms with Crippen molar-refractivity contribution in [3.8, 4) is 0 Å². The van der Waals surface area contributed by atoms with Crippen molar-refractivity contribution in [2.24, 2.45) is 0 Å². The molecule has 0 aromatic carbocycles. The molecule has 1 fully saturated rings. The summed E-state index contributed by atoms with van der Waals surface area (Å²) in [6.45, 7) is 3.74. The summed E-state index contributed by atoms with van der Waals surface area (Å²) in [6.07, 6.45) is 10.5. The smallest absolute Gasteiger partial charge is 0.224 e. The Bertz CT molecular complexity index is 561. The molecule has 0 aliphatic carbocycles. The number of likely N-dealkylation sites (tertiary alicyclic amines) is 1. The lowest BCUT2D eigenvalue weighted by atomic mass is 10.0. The molecule has 3 rings (SSSR count). The first kappa shape index (κ1) is 13.9. The van der Waals surface area contributed by atoms with Crippen LogP contribution < -0.4 is 0 Å². The second-order valence-electron chi connectivity index (χ2n) is 5.81. The fraction of sp³-hybridized carbons (Fsp3) is 0.500. The molecular weight excluding hydrogens is 264 g/mol. The minimum absolute atomic E-state index is 0.206. The molecule has 1 aliphatic rings. The lowest BCUT2D eigenvalue weighted by Crippen LogP contribution is -2.41. The van der Waals surface area contributed by atoms with Crippen molar-refractivity contribution in [1.29, 1.82) is 0 Å². The quantitative estimate of drug-likeness (QED) is 0.866. The van der Waals surface area contributed by atoms with Crippen molar-refractivity contribution < 1.29 is 4.79 Å². The zero-order valence-corrected chi connectivity index (χ0v) is 12.4. The lowest BCUT2D eigenvalue weighted by molar-refractivity contribution is -0.133. The lowest BCUT2D eigenvalue weighted by Gasteiger charge is -2.33. The third kappa shape index (κ3) is 3.17. The highest BCUT2D eigenvalue weighted by molar-refractivity contribution is 5.76. The van der Waals surface area contributed by atoms with Crippen LogP contribution in [-0.2, 0) is 4.79 Å². The molecule has 0 bridgehead atoms. The van der Waals surface area contributed by atoms with Crippen LogP contribution in [-0.4, -0.2) is 38.2 Å². The number of aromatic nitrogens is 3. The molecule has 0 N–H and O–H groups in total. The molecule has 5 nitrogen and oxygen atoms in total. The Morgan fingerprint density at radius 3 is 2.81 bits per heavy atom. The van der Waals surface area contributed by atoms with Crippen LogP contribution in [0.4, 0.5) is 0 Å². The number of amides is 1. The van der Waals surface area contributed by atoms with Crippen molar-refractivity contribution in [2.45, 2.75) is 38.3 Å². The molecule has 2 unspecified atom stereocenters. The van der Waals surface area contributed by atoms with Crippen LogP contribution in [0, 0.1) is 0 Å². The first-order valence-corrected chi connectivity index (χ1v) is 7.63. The van der Waals surface area contributed by atoms with Crippen molar-refractivity contribution >= 4 is 5.91 Å². The number of hydrogen-bond donors (Lipinski definition) is 0. The first-order chi connectivity index (χ1) is 10.2. The average molecular weight is 286 g/mol. The van der Waals surface area contributed by atoms with Crippen LogP contribution in [0.5, 0.6) is 0 Å². The molecule has 0 spiro atoms. The highest BCUT2D eigenvalue weighted by Crippen LogP contribution is 2.22. The Morgan fingerprint density at radius 1 is 1.29 bits per heavy atom. The molecule has 2 aromatic rings. The van der Waals surface area contributed by atoms with E-state index < -0.39 is 0 Å². The molecule has 1 saturated heterocycles. The van der Waals surface area contributed by atoms with Crippen LogP contribution in [0.3, 0.4) is 0 Å². The predicted octanol–water partition coefficient (Wildman–Crippen LogP) is 2.50. The molecule has 112 valence electrons. The molecule has 0 radical (unpaired) electrons. The highest BCUT2D eigenvalue weighted by Gasteiger charge is 2.25. The van der Waals surface area contributed by atoms with E-state index in [1.807, 2.05) is 46.4 Å². The van der Waals surface area contributed by atoms with Gasteiger partial charge < -0.3 is 9.47 Å². The number of rotatable bonds is 4. The summed E-state index contributed by atoms with van der Waals surface area (Å²) in [7, 11) is 0. The standard InChI is InChI=1S/C16H22N4O/c1-14(18-8-2-3-9-18)12-16(21)19-10-4-6-15(13-19)20-11-5-7-17-20/h2-3,5,7-9,11,14-15H,4,6,10,12-13H2,1H3. The summed E-state index contributed by atoms with van der Waals surface area (Å²) in [5, 5.41) is 4.31. The Balaban J connectivity index is 1.59. The van der Waals surface area contributed by atoms with E-state index >= 15 is 0 Å². The molecule has 3 heterocycles. The van der Waals surface area contributed by atoms with Crippen LogP contribution in [0.15, 0.2) is 43.0 Å². The molecule has 1 amide bonds. The predicted molar refractivity (Wildman–Crippen MR) is 80.8 cm³/mol. The van der Waals surface area contributed by atoms with E-state index in [2.05, 4.69) is 16.6 Å². The van der Waals surface area contributed by atoms with E-state index in [1.54, 1.807) is 6.20 Å². The van der Waals surface area contributed by atoms with Gasteiger partial charge in [0.05, 0.1) is 6.04 Å². The van der Waals surface area contributed by atoms with Gasteiger partial charge in [0.2, 0.25) is 5.91 Å². The van der Waals surface area contributed by atoms with E-state index in [4.69, 9.17) is 0 Å². The minimum atomic E-state index is 0.206. The molecule has 5 heteroatoms. The number of carbonyl (C=O) groups is 1. The van der Waals surface area contributed by atoms with Crippen LogP contribution in [0.1, 0.15) is 38.3 Å². The Hall–Kier alpha value is -2.04. The zero-order chi connectivity index (χ0) is 14.7. The van der Waals surface area contributed by atoms with Gasteiger partial charge in [0.15, 0.2) is 0 Å². The number of hydrogen-bond acceptors (Lipinski definition) is 2. The average Bonchev–Trinajstić information content (AvgIpc) is 3.20. The largest absolute Gasteiger partial charge is 0.351 e. The fourth-order valence-electron chi connectivity index (χ4n) is 3.02. The van der Waals surface area contributed by atoms with Gasteiger partial charge in [-0.25, -0.2) is 0 Å². The summed E-state index contributed by atoms with van der Waals surface area (Å²) >= 11 is 0. The Kier molecular flexibility index (Phi) is 4.08. The van der Waals surface area contributed by atoms with Gasteiger partial charge in [-0.1, -0.05) is 0 Å². The third-order valence-corrected chi connectivity index (χ3v) is 4.25. The first-order valence-electron chi connectivity index (χ1n) is 7.63. The van der Waals surface area contributed by atoms with Gasteiger partial charge in [-0.05, 0) is 38.0 Å². The van der Waals surface area contributed by atoms with Gasteiger partial charge in [-0.3, -0.25) is 9.48 Å². The topological polar surface area (TPSA) is 43.1 Å². The monoisotopic (exact) mass is 286 g/mol. The third-order valence-electron chi connectivity index (χ3n) is 4.25. The van der Waals surface area contributed by atoms with Crippen molar-refractivity contribution in [3.05, 3.63) is 43.0 Å². The molecular formula is C16H22N4O. The molecule has 2 aromatic heterocycles. The van der Waals surface area contributed by atoms with Gasteiger partial charge in [-0.15, -0.1) is 0 Å². The van der Waals surface area contributed by atoms with Gasteiger partial charge in [0.25, 0.3) is 0 Å². The number of nitrogens with zero attached hydrogens (tertiary/aromatic N) is 4. The van der Waals surface area contributed by atoms with E-state index in [0.717, 1.165) is 25.9 Å². The number of piperidine rings is 1. The summed E-state index contributed by atoms with van der Waals surface area (Å²) in [4.78, 5) is 14.5.